The van der Waals surface area contributed by atoms with Crippen molar-refractivity contribution in [1.29, 1.82) is 0 Å². The molecule has 0 unspecified atom stereocenters. The highest BCUT2D eigenvalue weighted by atomic mass is 35.5. The molecular weight excluding hydrogens is 351 g/mol. The Kier molecular flexibility index (Phi) is 5.30. The topological polar surface area (TPSA) is 68.3 Å². The van der Waals surface area contributed by atoms with Gasteiger partial charge in [0.05, 0.1) is 5.56 Å². The number of rotatable bonds is 5. The lowest BCUT2D eigenvalue weighted by atomic mass is 9.84. The van der Waals surface area contributed by atoms with E-state index in [4.69, 9.17) is 27.9 Å². The van der Waals surface area contributed by atoms with Gasteiger partial charge in [-0.2, -0.15) is 0 Å². The lowest BCUT2D eigenvalue weighted by molar-refractivity contribution is -0.125. The number of hydrogen-bond acceptors (Lipinski definition) is 4. The van der Waals surface area contributed by atoms with Gasteiger partial charge < -0.3 is 10.1 Å². The van der Waals surface area contributed by atoms with E-state index in [1.807, 2.05) is 6.92 Å². The van der Waals surface area contributed by atoms with E-state index in [9.17, 15) is 9.59 Å². The Morgan fingerprint density at radius 3 is 2.58 bits per heavy atom. The predicted molar refractivity (Wildman–Crippen MR) is 91.1 cm³/mol. The molecule has 7 heteroatoms. The van der Waals surface area contributed by atoms with Gasteiger partial charge in [0.25, 0.3) is 5.91 Å². The minimum absolute atomic E-state index is 0.101. The van der Waals surface area contributed by atoms with Crippen molar-refractivity contribution in [2.75, 3.05) is 6.61 Å². The van der Waals surface area contributed by atoms with Gasteiger partial charge in [-0.25, -0.2) is 9.78 Å². The van der Waals surface area contributed by atoms with Crippen molar-refractivity contribution < 1.29 is 14.3 Å². The minimum Gasteiger partial charge on any atom is -0.452 e. The maximum atomic E-state index is 12.0. The van der Waals surface area contributed by atoms with Crippen molar-refractivity contribution in [3.05, 3.63) is 28.0 Å². The third kappa shape index (κ3) is 4.01. The summed E-state index contributed by atoms with van der Waals surface area (Å²) in [5.74, 6) is 1.17. The number of nitrogens with zero attached hydrogens (tertiary/aromatic N) is 1. The molecule has 4 atom stereocenters. The maximum absolute atomic E-state index is 12.0. The van der Waals surface area contributed by atoms with Gasteiger partial charge in [-0.15, -0.1) is 0 Å². The van der Waals surface area contributed by atoms with Gasteiger partial charge in [0.2, 0.25) is 0 Å². The fourth-order valence-corrected chi connectivity index (χ4v) is 4.57. The van der Waals surface area contributed by atoms with Crippen molar-refractivity contribution in [2.45, 2.75) is 38.6 Å². The Bertz CT molecular complexity index is 632. The summed E-state index contributed by atoms with van der Waals surface area (Å²) in [6.45, 7) is 1.72. The van der Waals surface area contributed by atoms with Gasteiger partial charge in [-0.1, -0.05) is 29.6 Å². The van der Waals surface area contributed by atoms with Crippen LogP contribution in [0.2, 0.25) is 10.3 Å². The molecule has 0 saturated heterocycles. The lowest BCUT2D eigenvalue weighted by Crippen LogP contribution is -2.42. The van der Waals surface area contributed by atoms with Gasteiger partial charge in [0, 0.05) is 6.04 Å². The second-order valence-electron chi connectivity index (χ2n) is 6.77. The van der Waals surface area contributed by atoms with Crippen LogP contribution >= 0.6 is 23.2 Å². The fourth-order valence-electron chi connectivity index (χ4n) is 4.11. The summed E-state index contributed by atoms with van der Waals surface area (Å²) >= 11 is 11.5. The third-order valence-electron chi connectivity index (χ3n) is 5.16. The summed E-state index contributed by atoms with van der Waals surface area (Å²) in [5.41, 5.74) is 0.175. The maximum Gasteiger partial charge on any atom is 0.338 e. The van der Waals surface area contributed by atoms with Crippen LogP contribution in [0.5, 0.6) is 0 Å². The van der Waals surface area contributed by atoms with Crippen molar-refractivity contribution in [3.63, 3.8) is 0 Å². The molecule has 0 aromatic carbocycles. The highest BCUT2D eigenvalue weighted by Crippen LogP contribution is 2.49. The van der Waals surface area contributed by atoms with E-state index in [0.29, 0.717) is 5.92 Å². The molecule has 2 fully saturated rings. The van der Waals surface area contributed by atoms with Gasteiger partial charge in [0.1, 0.15) is 10.3 Å². The normalized spacial score (nSPS) is 26.2. The Labute approximate surface area is 151 Å². The Morgan fingerprint density at radius 1 is 1.29 bits per heavy atom. The average Bonchev–Trinajstić information content (AvgIpc) is 3.14. The number of carbonyl (C=O) groups is 2. The summed E-state index contributed by atoms with van der Waals surface area (Å²) in [5, 5.41) is 3.16. The van der Waals surface area contributed by atoms with Crippen molar-refractivity contribution >= 4 is 35.1 Å². The van der Waals surface area contributed by atoms with Gasteiger partial charge >= 0.3 is 5.97 Å². The number of aromatic nitrogens is 1. The quantitative estimate of drug-likeness (QED) is 0.636. The number of hydrogen-bond donors (Lipinski definition) is 1. The number of pyridine rings is 1. The molecule has 0 spiro atoms. The van der Waals surface area contributed by atoms with Crippen LogP contribution in [-0.2, 0) is 9.53 Å². The summed E-state index contributed by atoms with van der Waals surface area (Å²) in [7, 11) is 0. The first-order chi connectivity index (χ1) is 11.4. The van der Waals surface area contributed by atoms with Crippen molar-refractivity contribution in [2.24, 2.45) is 17.8 Å². The van der Waals surface area contributed by atoms with Gasteiger partial charge in [-0.05, 0) is 56.1 Å². The summed E-state index contributed by atoms with van der Waals surface area (Å²) in [6.07, 6.45) is 5.09. The van der Waals surface area contributed by atoms with Crippen LogP contribution in [0.25, 0.3) is 0 Å². The van der Waals surface area contributed by atoms with Crippen molar-refractivity contribution in [1.82, 2.24) is 10.3 Å². The van der Waals surface area contributed by atoms with Crippen LogP contribution in [-0.4, -0.2) is 29.5 Å². The molecule has 24 heavy (non-hydrogen) atoms. The highest BCUT2D eigenvalue weighted by Gasteiger charge is 2.42. The summed E-state index contributed by atoms with van der Waals surface area (Å²) in [6, 6.07) is 2.81. The van der Waals surface area contributed by atoms with E-state index >= 15 is 0 Å². The van der Waals surface area contributed by atoms with E-state index in [1.165, 1.54) is 37.8 Å². The second kappa shape index (κ2) is 7.28. The fraction of sp³-hybridized carbons (Fsp3) is 0.588. The van der Waals surface area contributed by atoms with Crippen LogP contribution in [0.1, 0.15) is 43.0 Å². The molecule has 0 radical (unpaired) electrons. The van der Waals surface area contributed by atoms with Crippen LogP contribution in [0.3, 0.4) is 0 Å². The van der Waals surface area contributed by atoms with E-state index in [0.717, 1.165) is 11.8 Å². The Balaban J connectivity index is 1.47. The zero-order valence-electron chi connectivity index (χ0n) is 13.4. The zero-order chi connectivity index (χ0) is 17.3. The second-order valence-corrected chi connectivity index (χ2v) is 7.55. The van der Waals surface area contributed by atoms with Crippen LogP contribution in [0.4, 0.5) is 0 Å². The minimum atomic E-state index is -0.649. The van der Waals surface area contributed by atoms with E-state index in [1.54, 1.807) is 0 Å². The smallest absolute Gasteiger partial charge is 0.338 e. The molecule has 1 N–H and O–H groups in total. The Morgan fingerprint density at radius 2 is 2.00 bits per heavy atom. The molecule has 2 aliphatic rings. The highest BCUT2D eigenvalue weighted by molar-refractivity contribution is 6.32. The van der Waals surface area contributed by atoms with Crippen LogP contribution < -0.4 is 5.32 Å². The SMILES string of the molecule is C[C@@H](NC(=O)COC(=O)c1cc(Cl)nc(Cl)c1)[C@H]1C[C@H]2CC[C@H]1C2. The molecule has 2 bridgehead atoms. The van der Waals surface area contributed by atoms with E-state index in [2.05, 4.69) is 10.3 Å². The van der Waals surface area contributed by atoms with Gasteiger partial charge in [0.15, 0.2) is 6.61 Å². The number of esters is 1. The predicted octanol–water partition coefficient (Wildman–Crippen LogP) is 3.49. The molecule has 5 nitrogen and oxygen atoms in total. The molecule has 2 saturated carbocycles. The molecule has 130 valence electrons. The molecule has 1 heterocycles. The van der Waals surface area contributed by atoms with Crippen molar-refractivity contribution in [3.8, 4) is 0 Å². The van der Waals surface area contributed by atoms with Crippen LogP contribution in [0.15, 0.2) is 12.1 Å². The first kappa shape index (κ1) is 17.5. The number of ether oxygens (including phenoxy) is 1. The third-order valence-corrected chi connectivity index (χ3v) is 5.54. The molecule has 0 aliphatic heterocycles. The molecule has 1 aromatic heterocycles. The average molecular weight is 371 g/mol. The number of carbonyl (C=O) groups excluding carboxylic acids is 2. The molecular formula is C17H20Cl2N2O3. The van der Waals surface area contributed by atoms with E-state index in [-0.39, 0.29) is 34.4 Å². The summed E-state index contributed by atoms with van der Waals surface area (Å²) in [4.78, 5) is 27.7. The molecule has 1 amide bonds. The number of halogens is 2. The summed E-state index contributed by atoms with van der Waals surface area (Å²) < 4.78 is 5.03. The Hall–Kier alpha value is -1.33. The molecule has 2 aliphatic carbocycles. The monoisotopic (exact) mass is 370 g/mol. The number of nitrogens with one attached hydrogen (secondary N) is 1. The molecule has 1 aromatic rings. The number of amides is 1. The molecule has 3 rings (SSSR count). The first-order valence-electron chi connectivity index (χ1n) is 8.22. The zero-order valence-corrected chi connectivity index (χ0v) is 14.9. The van der Waals surface area contributed by atoms with Crippen LogP contribution in [0, 0.1) is 17.8 Å². The standard InChI is InChI=1S/C17H20Cl2N2O3/c1-9(13-5-10-2-3-11(13)4-10)20-16(22)8-24-17(23)12-6-14(18)21-15(19)7-12/h6-7,9-11,13H,2-5,8H2,1H3,(H,20,22)/t9-,10+,11+,13-/m1/s1. The number of fused-ring (bicyclic) bond motifs is 2. The van der Waals surface area contributed by atoms with Gasteiger partial charge in [-0.3, -0.25) is 4.79 Å². The lowest BCUT2D eigenvalue weighted by Gasteiger charge is -2.28. The van der Waals surface area contributed by atoms with E-state index < -0.39 is 5.97 Å². The largest absolute Gasteiger partial charge is 0.452 e. The first-order valence-corrected chi connectivity index (χ1v) is 8.97.